The van der Waals surface area contributed by atoms with Crippen LogP contribution >= 0.6 is 11.3 Å². The summed E-state index contributed by atoms with van der Waals surface area (Å²) in [6.45, 7) is 0. The normalized spacial score (nSPS) is 12.5. The van der Waals surface area contributed by atoms with Gasteiger partial charge in [-0.25, -0.2) is 44.9 Å². The maximum atomic E-state index is 5.21. The highest BCUT2D eigenvalue weighted by atomic mass is 32.1. The van der Waals surface area contributed by atoms with Crippen molar-refractivity contribution in [1.29, 1.82) is 0 Å². The van der Waals surface area contributed by atoms with E-state index in [0.717, 1.165) is 66.4 Å². The molecule has 0 spiro atoms. The Morgan fingerprint density at radius 2 is 0.490 bits per heavy atom. The molecule has 0 atom stereocenters. The molecule has 0 radical (unpaired) electrons. The van der Waals surface area contributed by atoms with Crippen molar-refractivity contribution in [2.75, 3.05) is 0 Å². The molecule has 4 aromatic heterocycles. The summed E-state index contributed by atoms with van der Waals surface area (Å²) >= 11 is 1.80. The highest BCUT2D eigenvalue weighted by Gasteiger charge is 2.49. The van der Waals surface area contributed by atoms with Gasteiger partial charge in [0.15, 0.2) is 60.5 Å². The summed E-state index contributed by atoms with van der Waals surface area (Å²) in [6, 6.07) is 188. The minimum atomic E-state index is -2.67. The Bertz CT molecular complexity index is 9740. The van der Waals surface area contributed by atoms with Crippen LogP contribution in [0.3, 0.4) is 0 Å². The number of hydrogen-bond donors (Lipinski definition) is 0. The van der Waals surface area contributed by atoms with Crippen molar-refractivity contribution in [3.8, 4) is 136 Å². The molecule has 23 aromatic carbocycles. The largest absolute Gasteiger partial charge is 0.208 e. The summed E-state index contributed by atoms with van der Waals surface area (Å²) in [5.74, 6) is 5.92. The molecule has 27 aromatic rings. The molecule has 147 heavy (non-hydrogen) atoms. The van der Waals surface area contributed by atoms with Crippen molar-refractivity contribution >= 4 is 125 Å². The summed E-state index contributed by atoms with van der Waals surface area (Å²) in [5, 5.41) is 22.5. The van der Waals surface area contributed by atoms with Gasteiger partial charge in [-0.2, -0.15) is 0 Å². The Kier molecular flexibility index (Phi) is 21.9. The van der Waals surface area contributed by atoms with E-state index in [1.807, 2.05) is 54.6 Å². The van der Waals surface area contributed by atoms with Crippen LogP contribution in [0, 0.1) is 0 Å². The zero-order chi connectivity index (χ0) is 97.3. The maximum Gasteiger partial charge on any atom is 0.180 e. The molecular weight excluding hydrogens is 1820 g/mol. The van der Waals surface area contributed by atoms with Crippen LogP contribution in [0.1, 0.15) is 22.3 Å². The summed E-state index contributed by atoms with van der Waals surface area (Å²) in [5.41, 5.74) is 20.8. The molecule has 11 heteroatoms. The Morgan fingerprint density at radius 1 is 0.163 bits per heavy atom. The van der Waals surface area contributed by atoms with Crippen LogP contribution in [-0.2, 0) is 5.41 Å². The molecule has 0 unspecified atom stereocenters. The molecule has 2 aliphatic rings. The second-order valence-corrected chi connectivity index (χ2v) is 42.4. The van der Waals surface area contributed by atoms with Crippen LogP contribution in [-0.4, -0.2) is 52.9 Å². The van der Waals surface area contributed by atoms with Crippen molar-refractivity contribution in [3.63, 3.8) is 0 Å². The van der Waals surface area contributed by atoms with E-state index in [2.05, 4.69) is 473 Å². The molecule has 1 aliphatic carbocycles. The first-order valence-electron chi connectivity index (χ1n) is 49.8. The van der Waals surface area contributed by atoms with Crippen molar-refractivity contribution in [1.82, 2.24) is 44.9 Å². The van der Waals surface area contributed by atoms with E-state index in [0.29, 0.717) is 52.4 Å². The Balaban J connectivity index is 0.000000109. The van der Waals surface area contributed by atoms with Crippen molar-refractivity contribution in [3.05, 3.63) is 550 Å². The lowest BCUT2D eigenvalue weighted by atomic mass is 9.67. The second-order valence-electron chi connectivity index (χ2n) is 37.5. The van der Waals surface area contributed by atoms with Gasteiger partial charge in [-0.15, -0.1) is 11.3 Å². The topological polar surface area (TPSA) is 116 Å². The Hall–Kier alpha value is -18.9. The first-order chi connectivity index (χ1) is 72.9. The number of aromatic nitrogens is 9. The van der Waals surface area contributed by atoms with Gasteiger partial charge in [-0.05, 0) is 171 Å². The molecule has 0 fully saturated rings. The van der Waals surface area contributed by atoms with Gasteiger partial charge in [0.05, 0.1) is 5.41 Å². The molecule has 0 bridgehead atoms. The van der Waals surface area contributed by atoms with Gasteiger partial charge in [0.1, 0.15) is 0 Å². The first-order valence-corrected chi connectivity index (χ1v) is 52.6. The lowest BCUT2D eigenvalue weighted by Crippen LogP contribution is -2.72. The van der Waals surface area contributed by atoms with Crippen LogP contribution in [0.2, 0.25) is 0 Å². The third kappa shape index (κ3) is 15.3. The fourth-order valence-corrected chi connectivity index (χ4v) is 29.0. The predicted molar refractivity (Wildman–Crippen MR) is 612 cm³/mol. The van der Waals surface area contributed by atoms with Crippen LogP contribution in [0.5, 0.6) is 0 Å². The van der Waals surface area contributed by atoms with Crippen molar-refractivity contribution < 1.29 is 0 Å². The van der Waals surface area contributed by atoms with Crippen molar-refractivity contribution in [2.45, 2.75) is 5.41 Å². The third-order valence-corrected chi connectivity index (χ3v) is 35.3. The van der Waals surface area contributed by atoms with E-state index in [1.165, 1.54) is 145 Å². The van der Waals surface area contributed by atoms with Gasteiger partial charge in [-0.1, -0.05) is 497 Å². The van der Waals surface area contributed by atoms with E-state index < -0.39 is 13.5 Å². The smallest absolute Gasteiger partial charge is 0.180 e. The predicted octanol–water partition coefficient (Wildman–Crippen LogP) is 31.3. The highest BCUT2D eigenvalue weighted by molar-refractivity contribution is 7.26. The van der Waals surface area contributed by atoms with Gasteiger partial charge >= 0.3 is 0 Å². The average Bonchev–Trinajstić information content (AvgIpc) is 1.54. The fraction of sp³-hybridized carbons (Fsp3) is 0.00735. The number of benzene rings is 23. The molecule has 0 saturated heterocycles. The summed E-state index contributed by atoms with van der Waals surface area (Å²) in [6.07, 6.45) is 0. The van der Waals surface area contributed by atoms with Gasteiger partial charge in [0, 0.05) is 70.2 Å². The second kappa shape index (κ2) is 36.9. The zero-order valence-corrected chi connectivity index (χ0v) is 81.5. The number of rotatable bonds is 14. The molecule has 0 saturated carbocycles. The standard InChI is InChI=1S/C48H31N3.C47H31N3Si.C41H25N3S/c1-3-15-33(16-4-1)45-49-46(51-47(50-45)42-23-13-22-38-37-19-8-7-14-32(37)28-31-39(38)42)34-26-29-36(30-27-34)48(35-17-5-2-6-18-35)43-24-11-9-20-40(43)41-21-10-12-25-44(41)48;1-3-15-33(16-4-1)45-48-46(50-47(49-45)36-28-29-40-34(30-36)27-26-32-14-7-8-21-39(32)40)35-17-13-20-38(31-35)51(37-18-5-2-6-19-37)43-24-11-9-22-41(43)42-23-10-12-25-44(42)51;1-2-12-26(13-3-1)39-42-40(44-41(43-39)34-21-11-23-37-38(34)33-20-8-9-22-36(33)45-37)29-16-10-15-27(24-29)35-25-28-14-4-5-17-30(28)31-18-6-7-19-32(31)35/h2*1-31H;1-25H. The number of thiophene rings is 1. The number of fused-ring (bicyclic) bond motifs is 18. The molecule has 1 aliphatic heterocycles. The fourth-order valence-electron chi connectivity index (χ4n) is 22.7. The molecule has 0 amide bonds. The molecule has 29 rings (SSSR count). The van der Waals surface area contributed by atoms with E-state index in [4.69, 9.17) is 44.9 Å². The monoisotopic (exact) mass is 1910 g/mol. The third-order valence-electron chi connectivity index (χ3n) is 29.3. The summed E-state index contributed by atoms with van der Waals surface area (Å²) in [7, 11) is -2.67. The van der Waals surface area contributed by atoms with Gasteiger partial charge in [0.2, 0.25) is 0 Å². The minimum absolute atomic E-state index is 0.460. The number of nitrogens with zero attached hydrogens (tertiary/aromatic N) is 9. The first kappa shape index (κ1) is 87.1. The van der Waals surface area contributed by atoms with Crippen LogP contribution < -0.4 is 20.7 Å². The lowest BCUT2D eigenvalue weighted by Gasteiger charge is -2.34. The maximum absolute atomic E-state index is 5.21. The Morgan fingerprint density at radius 3 is 1.08 bits per heavy atom. The summed E-state index contributed by atoms with van der Waals surface area (Å²) in [4.78, 5) is 46.1. The van der Waals surface area contributed by atoms with Crippen LogP contribution in [0.4, 0.5) is 0 Å². The average molecular weight is 1910 g/mol. The SMILES string of the molecule is c1ccc(-c2nc(-c3ccc(C4(c5ccccc5)c5ccccc5-c5ccccc54)cc3)nc(-c3cccc4c3ccc3ccccc34)n2)cc1.c1ccc(-c2nc(-c3cccc(-c4cc5ccccc5c5ccccc45)c3)nc(-c3cccc4sc5ccccc5c34)n2)cc1.c1ccc(-c2nc(-c3cccc([Si]4(c5ccccc5)c5ccccc5-c5ccccc54)c3)nc(-c3ccc4c(ccc5ccccc54)c3)n2)cc1. The van der Waals surface area contributed by atoms with Crippen LogP contribution in [0.25, 0.3) is 221 Å². The zero-order valence-electron chi connectivity index (χ0n) is 79.7. The quantitative estimate of drug-likeness (QED) is 0.0775. The molecule has 5 heterocycles. The van der Waals surface area contributed by atoms with E-state index in [-0.39, 0.29) is 0 Å². The minimum Gasteiger partial charge on any atom is -0.208 e. The van der Waals surface area contributed by atoms with Gasteiger partial charge < -0.3 is 0 Å². The Labute approximate surface area is 854 Å². The van der Waals surface area contributed by atoms with Gasteiger partial charge in [0.25, 0.3) is 0 Å². The van der Waals surface area contributed by atoms with E-state index in [1.54, 1.807) is 11.3 Å². The van der Waals surface area contributed by atoms with Gasteiger partial charge in [-0.3, -0.25) is 0 Å². The summed E-state index contributed by atoms with van der Waals surface area (Å²) < 4.78 is 2.48. The highest BCUT2D eigenvalue weighted by Crippen LogP contribution is 2.57. The van der Waals surface area contributed by atoms with E-state index in [9.17, 15) is 0 Å². The molecule has 9 nitrogen and oxygen atoms in total. The van der Waals surface area contributed by atoms with E-state index >= 15 is 0 Å². The lowest BCUT2D eigenvalue weighted by molar-refractivity contribution is 0.768. The molecule has 0 N–H and O–H groups in total. The van der Waals surface area contributed by atoms with Crippen molar-refractivity contribution in [2.24, 2.45) is 0 Å². The molecular formula is C136H87N9SSi. The number of hydrogen-bond acceptors (Lipinski definition) is 10. The molecule has 686 valence electrons. The van der Waals surface area contributed by atoms with Crippen LogP contribution in [0.15, 0.2) is 528 Å².